The topological polar surface area (TPSA) is 62.4 Å². The number of carbonyl (C=O) groups excluding carboxylic acids is 1. The Hall–Kier alpha value is -0.810. The van der Waals surface area contributed by atoms with Crippen LogP contribution in [0.1, 0.15) is 47.0 Å². The quantitative estimate of drug-likeness (QED) is 0.688. The third-order valence-electron chi connectivity index (χ3n) is 3.75. The summed E-state index contributed by atoms with van der Waals surface area (Å²) < 4.78 is 5.91. The van der Waals surface area contributed by atoms with Crippen LogP contribution in [-0.2, 0) is 4.74 Å². The molecule has 1 unspecified atom stereocenters. The Morgan fingerprint density at radius 2 is 2.16 bits per heavy atom. The molecule has 0 bridgehead atoms. The minimum atomic E-state index is -0.249. The maximum absolute atomic E-state index is 11.9. The molecule has 5 heteroatoms. The predicted octanol–water partition coefficient (Wildman–Crippen LogP) is 1.63. The third-order valence-corrected chi connectivity index (χ3v) is 3.75. The normalized spacial score (nSPS) is 24.0. The number of carbonyl (C=O) groups is 1. The minimum absolute atomic E-state index is 0.114. The molecule has 1 aliphatic heterocycles. The first-order chi connectivity index (χ1) is 8.93. The van der Waals surface area contributed by atoms with Crippen LogP contribution < -0.4 is 16.0 Å². The summed E-state index contributed by atoms with van der Waals surface area (Å²) in [6.07, 6.45) is 2.90. The number of nitrogens with one attached hydrogen (secondary N) is 3. The van der Waals surface area contributed by atoms with Crippen LogP contribution in [0.4, 0.5) is 4.79 Å². The molecule has 0 spiro atoms. The fourth-order valence-corrected chi connectivity index (χ4v) is 2.21. The number of urea groups is 1. The van der Waals surface area contributed by atoms with E-state index in [9.17, 15) is 4.79 Å². The Balaban J connectivity index is 2.45. The van der Waals surface area contributed by atoms with E-state index in [1.165, 1.54) is 0 Å². The Labute approximate surface area is 116 Å². The van der Waals surface area contributed by atoms with E-state index in [-0.39, 0.29) is 17.2 Å². The van der Waals surface area contributed by atoms with Crippen molar-refractivity contribution in [3.63, 3.8) is 0 Å². The van der Waals surface area contributed by atoms with E-state index in [4.69, 9.17) is 4.74 Å². The molecule has 1 aliphatic rings. The molecular weight excluding hydrogens is 242 g/mol. The van der Waals surface area contributed by atoms with Crippen LogP contribution in [0.15, 0.2) is 0 Å². The first-order valence-corrected chi connectivity index (χ1v) is 7.34. The highest BCUT2D eigenvalue weighted by atomic mass is 16.5. The number of hydrogen-bond acceptors (Lipinski definition) is 3. The Bertz CT molecular complexity index is 281. The maximum Gasteiger partial charge on any atom is 0.315 e. The van der Waals surface area contributed by atoms with Crippen LogP contribution in [0.3, 0.4) is 0 Å². The van der Waals surface area contributed by atoms with E-state index >= 15 is 0 Å². The van der Waals surface area contributed by atoms with Gasteiger partial charge in [-0.2, -0.15) is 0 Å². The van der Waals surface area contributed by atoms with Crippen molar-refractivity contribution < 1.29 is 9.53 Å². The molecule has 112 valence electrons. The van der Waals surface area contributed by atoms with Crippen LogP contribution in [0.25, 0.3) is 0 Å². The van der Waals surface area contributed by atoms with Crippen molar-refractivity contribution in [3.8, 4) is 0 Å². The van der Waals surface area contributed by atoms with E-state index in [1.54, 1.807) is 0 Å². The molecule has 1 rings (SSSR count). The molecule has 0 saturated carbocycles. The average Bonchev–Trinajstić information content (AvgIpc) is 2.38. The van der Waals surface area contributed by atoms with Gasteiger partial charge in [0, 0.05) is 25.2 Å². The fourth-order valence-electron chi connectivity index (χ4n) is 2.21. The molecule has 1 saturated heterocycles. The number of rotatable bonds is 6. The minimum Gasteiger partial charge on any atom is -0.371 e. The Morgan fingerprint density at radius 1 is 1.42 bits per heavy atom. The summed E-state index contributed by atoms with van der Waals surface area (Å²) in [5.74, 6) is 0. The molecule has 0 aromatic carbocycles. The van der Waals surface area contributed by atoms with Crippen molar-refractivity contribution in [3.05, 3.63) is 0 Å². The second-order valence-electron chi connectivity index (χ2n) is 6.00. The van der Waals surface area contributed by atoms with Crippen LogP contribution in [0.2, 0.25) is 0 Å². The molecule has 1 atom stereocenters. The molecule has 0 radical (unpaired) electrons. The summed E-state index contributed by atoms with van der Waals surface area (Å²) in [4.78, 5) is 11.9. The van der Waals surface area contributed by atoms with Gasteiger partial charge < -0.3 is 20.7 Å². The lowest BCUT2D eigenvalue weighted by molar-refractivity contribution is -0.0682. The summed E-state index contributed by atoms with van der Waals surface area (Å²) in [5, 5.41) is 9.28. The first kappa shape index (κ1) is 16.2. The van der Waals surface area contributed by atoms with Gasteiger partial charge in [0.2, 0.25) is 0 Å². The van der Waals surface area contributed by atoms with Gasteiger partial charge in [0.25, 0.3) is 0 Å². The summed E-state index contributed by atoms with van der Waals surface area (Å²) >= 11 is 0. The second kappa shape index (κ2) is 7.10. The monoisotopic (exact) mass is 271 g/mol. The number of amides is 2. The lowest BCUT2D eigenvalue weighted by atomic mass is 9.96. The van der Waals surface area contributed by atoms with Crippen LogP contribution >= 0.6 is 0 Å². The molecule has 2 amide bonds. The zero-order valence-corrected chi connectivity index (χ0v) is 12.8. The highest BCUT2D eigenvalue weighted by molar-refractivity contribution is 5.74. The largest absolute Gasteiger partial charge is 0.371 e. The third kappa shape index (κ3) is 5.37. The van der Waals surface area contributed by atoms with Crippen LogP contribution in [-0.4, -0.2) is 43.4 Å². The average molecular weight is 271 g/mol. The zero-order chi connectivity index (χ0) is 14.4. The molecule has 0 aliphatic carbocycles. The van der Waals surface area contributed by atoms with Gasteiger partial charge in [0.05, 0.1) is 12.2 Å². The molecular formula is C14H29N3O2. The Kier molecular flexibility index (Phi) is 6.07. The van der Waals surface area contributed by atoms with Crippen LogP contribution in [0.5, 0.6) is 0 Å². The van der Waals surface area contributed by atoms with Gasteiger partial charge in [0.15, 0.2) is 0 Å². The van der Waals surface area contributed by atoms with Crippen molar-refractivity contribution in [2.45, 2.75) is 58.1 Å². The molecule has 5 nitrogen and oxygen atoms in total. The highest BCUT2D eigenvalue weighted by Crippen LogP contribution is 2.19. The van der Waals surface area contributed by atoms with Crippen molar-refractivity contribution in [1.82, 2.24) is 16.0 Å². The molecule has 3 N–H and O–H groups in total. The Morgan fingerprint density at radius 3 is 2.68 bits per heavy atom. The zero-order valence-electron chi connectivity index (χ0n) is 12.8. The SMILES string of the molecule is CCCC1(CNC(=O)NC(C)(C)CC)CNCCO1. The standard InChI is InChI=1S/C14H29N3O2/c1-5-7-14(10-15-8-9-19-14)11-16-12(18)17-13(3,4)6-2/h15H,5-11H2,1-4H3,(H2,16,17,18). The summed E-state index contributed by atoms with van der Waals surface area (Å²) in [7, 11) is 0. The molecule has 1 heterocycles. The summed E-state index contributed by atoms with van der Waals surface area (Å²) in [6, 6.07) is -0.114. The van der Waals surface area contributed by atoms with Gasteiger partial charge in [-0.25, -0.2) is 4.79 Å². The van der Waals surface area contributed by atoms with E-state index in [0.717, 1.165) is 32.4 Å². The first-order valence-electron chi connectivity index (χ1n) is 7.34. The van der Waals surface area contributed by atoms with Gasteiger partial charge in [-0.05, 0) is 26.7 Å². The summed E-state index contributed by atoms with van der Waals surface area (Å²) in [6.45, 7) is 11.2. The molecule has 0 aromatic heterocycles. The molecule has 1 fully saturated rings. The smallest absolute Gasteiger partial charge is 0.315 e. The van der Waals surface area contributed by atoms with Crippen molar-refractivity contribution in [1.29, 1.82) is 0 Å². The predicted molar refractivity (Wildman–Crippen MR) is 77.4 cm³/mol. The van der Waals surface area contributed by atoms with Gasteiger partial charge in [-0.1, -0.05) is 20.3 Å². The number of hydrogen-bond donors (Lipinski definition) is 3. The highest BCUT2D eigenvalue weighted by Gasteiger charge is 2.33. The van der Waals surface area contributed by atoms with E-state index in [1.807, 2.05) is 13.8 Å². The van der Waals surface area contributed by atoms with E-state index in [0.29, 0.717) is 13.2 Å². The van der Waals surface area contributed by atoms with Gasteiger partial charge in [-0.15, -0.1) is 0 Å². The molecule has 0 aromatic rings. The van der Waals surface area contributed by atoms with Gasteiger partial charge >= 0.3 is 6.03 Å². The van der Waals surface area contributed by atoms with E-state index < -0.39 is 0 Å². The van der Waals surface area contributed by atoms with Crippen molar-refractivity contribution in [2.24, 2.45) is 0 Å². The summed E-state index contributed by atoms with van der Waals surface area (Å²) in [5.41, 5.74) is -0.422. The van der Waals surface area contributed by atoms with Crippen molar-refractivity contribution >= 4 is 6.03 Å². The fraction of sp³-hybridized carbons (Fsp3) is 0.929. The maximum atomic E-state index is 11.9. The number of morpholine rings is 1. The second-order valence-corrected chi connectivity index (χ2v) is 6.00. The molecule has 19 heavy (non-hydrogen) atoms. The van der Waals surface area contributed by atoms with Crippen LogP contribution in [0, 0.1) is 0 Å². The van der Waals surface area contributed by atoms with Gasteiger partial charge in [-0.3, -0.25) is 0 Å². The number of ether oxygens (including phenoxy) is 1. The van der Waals surface area contributed by atoms with Gasteiger partial charge in [0.1, 0.15) is 0 Å². The lowest BCUT2D eigenvalue weighted by Crippen LogP contribution is -2.58. The van der Waals surface area contributed by atoms with E-state index in [2.05, 4.69) is 29.8 Å². The lowest BCUT2D eigenvalue weighted by Gasteiger charge is -2.38. The van der Waals surface area contributed by atoms with Crippen molar-refractivity contribution in [2.75, 3.05) is 26.2 Å².